The smallest absolute Gasteiger partial charge is 0.409 e. The summed E-state index contributed by atoms with van der Waals surface area (Å²) in [5.74, 6) is 0.104. The van der Waals surface area contributed by atoms with Crippen molar-refractivity contribution in [3.63, 3.8) is 0 Å². The Morgan fingerprint density at radius 2 is 2.04 bits per heavy atom. The molecule has 0 saturated carbocycles. The van der Waals surface area contributed by atoms with Gasteiger partial charge in [0.25, 0.3) is 0 Å². The number of nitrogens with zero attached hydrogens (tertiary/aromatic N) is 3. The number of rotatable bonds is 4. The number of carbonyl (C=O) groups excluding carboxylic acids is 1. The first-order valence-corrected chi connectivity index (χ1v) is 8.88. The summed E-state index contributed by atoms with van der Waals surface area (Å²) in [7, 11) is 0. The van der Waals surface area contributed by atoms with Gasteiger partial charge in [-0.15, -0.1) is 0 Å². The molecule has 0 radical (unpaired) electrons. The van der Waals surface area contributed by atoms with Crippen molar-refractivity contribution in [3.8, 4) is 11.3 Å². The Labute approximate surface area is 152 Å². The molecule has 140 valence electrons. The number of carbonyl (C=O) groups is 1. The number of benzene rings is 1. The number of hydrogen-bond donors (Lipinski definition) is 0. The van der Waals surface area contributed by atoms with Gasteiger partial charge in [-0.1, -0.05) is 16.8 Å². The zero-order valence-electron chi connectivity index (χ0n) is 15.4. The van der Waals surface area contributed by atoms with Crippen molar-refractivity contribution in [2.24, 2.45) is 0 Å². The highest BCUT2D eigenvalue weighted by atomic mass is 19.1. The van der Waals surface area contributed by atoms with Gasteiger partial charge in [-0.2, -0.15) is 0 Å². The molecule has 26 heavy (non-hydrogen) atoms. The first-order valence-electron chi connectivity index (χ1n) is 8.88. The summed E-state index contributed by atoms with van der Waals surface area (Å²) in [6, 6.07) is 6.72. The lowest BCUT2D eigenvalue weighted by Crippen LogP contribution is -2.49. The van der Waals surface area contributed by atoms with Crippen LogP contribution >= 0.6 is 0 Å². The van der Waals surface area contributed by atoms with Gasteiger partial charge >= 0.3 is 6.09 Å². The zero-order chi connectivity index (χ0) is 18.7. The van der Waals surface area contributed by atoms with E-state index in [2.05, 4.69) is 10.1 Å². The lowest BCUT2D eigenvalue weighted by atomic mass is 10.1. The minimum atomic E-state index is -0.325. The summed E-state index contributed by atoms with van der Waals surface area (Å²) in [6.07, 6.45) is -0.265. The minimum absolute atomic E-state index is 0.0183. The van der Waals surface area contributed by atoms with E-state index < -0.39 is 0 Å². The van der Waals surface area contributed by atoms with Gasteiger partial charge in [0.2, 0.25) is 0 Å². The van der Waals surface area contributed by atoms with E-state index in [1.807, 2.05) is 13.8 Å². The third-order valence-electron chi connectivity index (χ3n) is 4.73. The molecule has 6 nitrogen and oxygen atoms in total. The molecule has 0 unspecified atom stereocenters. The summed E-state index contributed by atoms with van der Waals surface area (Å²) in [6.45, 7) is 8.80. The number of piperazine rings is 1. The second-order valence-corrected chi connectivity index (χ2v) is 6.50. The van der Waals surface area contributed by atoms with Crippen molar-refractivity contribution in [2.75, 3.05) is 32.8 Å². The van der Waals surface area contributed by atoms with Crippen molar-refractivity contribution in [2.45, 2.75) is 26.8 Å². The molecule has 0 N–H and O–H groups in total. The van der Waals surface area contributed by atoms with E-state index in [9.17, 15) is 9.18 Å². The highest BCUT2D eigenvalue weighted by Gasteiger charge is 2.27. The van der Waals surface area contributed by atoms with E-state index in [0.29, 0.717) is 31.0 Å². The highest BCUT2D eigenvalue weighted by molar-refractivity contribution is 5.67. The average Bonchev–Trinajstić information content (AvgIpc) is 3.13. The standard InChI is InChI=1S/C19H24FN3O3/c1-4-25-19(24)23-9-7-22(8-10-23)14(3)17-12-18(26-21-17)15-11-13(2)5-6-16(15)20/h5-6,11-12,14H,4,7-10H2,1-3H3/t14-/m1/s1. The molecule has 2 heterocycles. The average molecular weight is 361 g/mol. The van der Waals surface area contributed by atoms with Crippen LogP contribution in [0.4, 0.5) is 9.18 Å². The fourth-order valence-electron chi connectivity index (χ4n) is 3.13. The molecule has 1 aliphatic heterocycles. The number of halogens is 1. The quantitative estimate of drug-likeness (QED) is 0.832. The van der Waals surface area contributed by atoms with Crippen LogP contribution in [0.3, 0.4) is 0 Å². The molecule has 3 rings (SSSR count). The summed E-state index contributed by atoms with van der Waals surface area (Å²) in [4.78, 5) is 15.7. The van der Waals surface area contributed by atoms with Crippen LogP contribution in [-0.4, -0.2) is 53.8 Å². The topological polar surface area (TPSA) is 58.8 Å². The first kappa shape index (κ1) is 18.4. The molecular weight excluding hydrogens is 337 g/mol. The normalized spacial score (nSPS) is 16.5. The van der Waals surface area contributed by atoms with Crippen LogP contribution in [0.15, 0.2) is 28.8 Å². The van der Waals surface area contributed by atoms with Crippen molar-refractivity contribution < 1.29 is 18.4 Å². The minimum Gasteiger partial charge on any atom is -0.450 e. The molecule has 1 aromatic heterocycles. The van der Waals surface area contributed by atoms with E-state index in [-0.39, 0.29) is 18.0 Å². The molecule has 2 aromatic rings. The molecule has 1 saturated heterocycles. The van der Waals surface area contributed by atoms with Crippen LogP contribution in [0.25, 0.3) is 11.3 Å². The summed E-state index contributed by atoms with van der Waals surface area (Å²) < 4.78 is 24.5. The van der Waals surface area contributed by atoms with Crippen LogP contribution in [-0.2, 0) is 4.74 Å². The van der Waals surface area contributed by atoms with Gasteiger partial charge in [0.05, 0.1) is 18.2 Å². The lowest BCUT2D eigenvalue weighted by molar-refractivity contribution is 0.0675. The Bertz CT molecular complexity index is 769. The molecule has 1 aromatic carbocycles. The highest BCUT2D eigenvalue weighted by Crippen LogP contribution is 2.28. The SMILES string of the molecule is CCOC(=O)N1CCN([C@H](C)c2cc(-c3cc(C)ccc3F)on2)CC1. The summed E-state index contributed by atoms with van der Waals surface area (Å²) in [5.41, 5.74) is 2.14. The van der Waals surface area contributed by atoms with Gasteiger partial charge in [-0.3, -0.25) is 4.90 Å². The molecule has 1 fully saturated rings. The lowest BCUT2D eigenvalue weighted by Gasteiger charge is -2.36. The molecule has 0 spiro atoms. The van der Waals surface area contributed by atoms with E-state index >= 15 is 0 Å². The van der Waals surface area contributed by atoms with Crippen molar-refractivity contribution in [3.05, 3.63) is 41.3 Å². The predicted molar refractivity (Wildman–Crippen MR) is 95.2 cm³/mol. The summed E-state index contributed by atoms with van der Waals surface area (Å²) in [5, 5.41) is 4.13. The zero-order valence-corrected chi connectivity index (χ0v) is 15.4. The molecule has 1 amide bonds. The molecule has 1 atom stereocenters. The molecule has 7 heteroatoms. The monoisotopic (exact) mass is 361 g/mol. The number of hydrogen-bond acceptors (Lipinski definition) is 5. The number of aromatic nitrogens is 1. The predicted octanol–water partition coefficient (Wildman–Crippen LogP) is 3.62. The van der Waals surface area contributed by atoms with Crippen LogP contribution in [0.1, 0.15) is 31.1 Å². The Kier molecular flexibility index (Phi) is 5.56. The van der Waals surface area contributed by atoms with Crippen LogP contribution < -0.4 is 0 Å². The fourth-order valence-corrected chi connectivity index (χ4v) is 3.13. The Hall–Kier alpha value is -2.41. The summed E-state index contributed by atoms with van der Waals surface area (Å²) >= 11 is 0. The van der Waals surface area contributed by atoms with Gasteiger partial charge in [0.15, 0.2) is 5.76 Å². The van der Waals surface area contributed by atoms with Crippen molar-refractivity contribution >= 4 is 6.09 Å². The maximum Gasteiger partial charge on any atom is 0.409 e. The van der Waals surface area contributed by atoms with Crippen LogP contribution in [0.2, 0.25) is 0 Å². The van der Waals surface area contributed by atoms with E-state index in [1.54, 1.807) is 30.0 Å². The van der Waals surface area contributed by atoms with Crippen molar-refractivity contribution in [1.82, 2.24) is 15.0 Å². The van der Waals surface area contributed by atoms with E-state index in [4.69, 9.17) is 9.26 Å². The van der Waals surface area contributed by atoms with Gasteiger partial charge in [-0.25, -0.2) is 9.18 Å². The third kappa shape index (κ3) is 3.88. The number of amides is 1. The fraction of sp³-hybridized carbons (Fsp3) is 0.474. The number of ether oxygens (including phenoxy) is 1. The molecule has 0 aliphatic carbocycles. The maximum atomic E-state index is 14.1. The molecular formula is C19H24FN3O3. The molecule has 1 aliphatic rings. The van der Waals surface area contributed by atoms with Crippen molar-refractivity contribution in [1.29, 1.82) is 0 Å². The van der Waals surface area contributed by atoms with Gasteiger partial charge in [0.1, 0.15) is 11.5 Å². The second kappa shape index (κ2) is 7.86. The van der Waals surface area contributed by atoms with Gasteiger partial charge in [0, 0.05) is 32.2 Å². The largest absolute Gasteiger partial charge is 0.450 e. The Morgan fingerprint density at radius 3 is 2.73 bits per heavy atom. The maximum absolute atomic E-state index is 14.1. The molecule has 0 bridgehead atoms. The van der Waals surface area contributed by atoms with Crippen LogP contribution in [0, 0.1) is 12.7 Å². The van der Waals surface area contributed by atoms with Crippen LogP contribution in [0.5, 0.6) is 0 Å². The van der Waals surface area contributed by atoms with E-state index in [1.165, 1.54) is 6.07 Å². The number of aryl methyl sites for hydroxylation is 1. The Balaban J connectivity index is 1.66. The Morgan fingerprint density at radius 1 is 1.31 bits per heavy atom. The second-order valence-electron chi connectivity index (χ2n) is 6.50. The third-order valence-corrected chi connectivity index (χ3v) is 4.73. The van der Waals surface area contributed by atoms with Gasteiger partial charge < -0.3 is 14.2 Å². The van der Waals surface area contributed by atoms with Gasteiger partial charge in [-0.05, 0) is 32.9 Å². The van der Waals surface area contributed by atoms with E-state index in [0.717, 1.165) is 24.3 Å². The first-order chi connectivity index (χ1) is 12.5.